The normalized spacial score (nSPS) is 15.8. The van der Waals surface area contributed by atoms with Crippen LogP contribution in [0.25, 0.3) is 0 Å². The van der Waals surface area contributed by atoms with E-state index in [2.05, 4.69) is 0 Å². The molecule has 0 N–H and O–H groups in total. The van der Waals surface area contributed by atoms with Crippen molar-refractivity contribution in [1.82, 2.24) is 4.90 Å². The molecule has 2 rings (SSSR count). The molecule has 0 fully saturated rings. The zero-order valence-corrected chi connectivity index (χ0v) is 10.6. The van der Waals surface area contributed by atoms with Crippen LogP contribution in [0.15, 0.2) is 24.3 Å². The molecule has 1 aromatic carbocycles. The third-order valence-corrected chi connectivity index (χ3v) is 3.21. The van der Waals surface area contributed by atoms with Crippen LogP contribution in [0.4, 0.5) is 0 Å². The number of halogens is 1. The molecule has 0 bridgehead atoms. The number of nitrogens with zero attached hydrogens (tertiary/aromatic N) is 1. The average Bonchev–Trinajstić information content (AvgIpc) is 2.60. The number of hydrogen-bond donors (Lipinski definition) is 0. The first-order valence-corrected chi connectivity index (χ1v) is 6.12. The van der Waals surface area contributed by atoms with Gasteiger partial charge in [0, 0.05) is 0 Å². The second-order valence-electron chi connectivity index (χ2n) is 4.13. The molecule has 0 saturated carbocycles. The zero-order valence-electron chi connectivity index (χ0n) is 9.85. The van der Waals surface area contributed by atoms with Crippen LogP contribution < -0.4 is 0 Å². The predicted octanol–water partition coefficient (Wildman–Crippen LogP) is 2.22. The average molecular weight is 266 g/mol. The molecule has 0 spiro atoms. The van der Waals surface area contributed by atoms with Crippen LogP contribution in [0.2, 0.25) is 0 Å². The highest BCUT2D eigenvalue weighted by atomic mass is 35.5. The molecule has 1 aliphatic rings. The minimum absolute atomic E-state index is 0.335. The summed E-state index contributed by atoms with van der Waals surface area (Å²) >= 11 is 5.49. The first-order valence-electron chi connectivity index (χ1n) is 5.74. The molecule has 1 atom stereocenters. The van der Waals surface area contributed by atoms with E-state index in [1.54, 1.807) is 24.3 Å². The molecule has 5 heteroatoms. The number of benzene rings is 1. The van der Waals surface area contributed by atoms with Crippen molar-refractivity contribution in [2.75, 3.05) is 0 Å². The van der Waals surface area contributed by atoms with Gasteiger partial charge in [-0.2, -0.15) is 0 Å². The molecule has 1 aliphatic heterocycles. The minimum Gasteiger partial charge on any atom is -0.279 e. The third-order valence-electron chi connectivity index (χ3n) is 2.96. The molecular formula is C13H12ClNO3. The summed E-state index contributed by atoms with van der Waals surface area (Å²) in [5, 5.41) is -0.675. The maximum absolute atomic E-state index is 12.1. The first kappa shape index (κ1) is 12.8. The lowest BCUT2D eigenvalue weighted by Crippen LogP contribution is -2.43. The summed E-state index contributed by atoms with van der Waals surface area (Å²) in [4.78, 5) is 36.6. The Morgan fingerprint density at radius 3 is 2.11 bits per heavy atom. The van der Waals surface area contributed by atoms with Gasteiger partial charge in [-0.3, -0.25) is 19.3 Å². The van der Waals surface area contributed by atoms with Crippen LogP contribution in [0.5, 0.6) is 0 Å². The molecule has 0 unspecified atom stereocenters. The number of fused-ring (bicyclic) bond motifs is 1. The largest absolute Gasteiger partial charge is 0.279 e. The maximum Gasteiger partial charge on any atom is 0.262 e. The topological polar surface area (TPSA) is 54.5 Å². The number of carbonyl (C=O) groups is 3. The third kappa shape index (κ3) is 1.93. The monoisotopic (exact) mass is 265 g/mol. The Labute approximate surface area is 110 Å². The molecule has 4 nitrogen and oxygen atoms in total. The number of carbonyl (C=O) groups excluding carboxylic acids is 3. The highest BCUT2D eigenvalue weighted by Gasteiger charge is 2.41. The second-order valence-corrected chi connectivity index (χ2v) is 4.51. The molecule has 94 valence electrons. The van der Waals surface area contributed by atoms with Gasteiger partial charge in [0.25, 0.3) is 11.8 Å². The summed E-state index contributed by atoms with van der Waals surface area (Å²) < 4.78 is 0. The Morgan fingerprint density at radius 2 is 1.72 bits per heavy atom. The van der Waals surface area contributed by atoms with E-state index in [-0.39, 0.29) is 0 Å². The number of hydrogen-bond acceptors (Lipinski definition) is 3. The molecule has 0 aliphatic carbocycles. The molecular weight excluding hydrogens is 254 g/mol. The van der Waals surface area contributed by atoms with Gasteiger partial charge in [0.2, 0.25) is 5.24 Å². The van der Waals surface area contributed by atoms with Gasteiger partial charge in [-0.15, -0.1) is 0 Å². The summed E-state index contributed by atoms with van der Waals surface area (Å²) in [6.07, 6.45) is 1.05. The van der Waals surface area contributed by atoms with E-state index in [1.165, 1.54) is 0 Å². The Bertz CT molecular complexity index is 492. The van der Waals surface area contributed by atoms with E-state index >= 15 is 0 Å². The Morgan fingerprint density at radius 1 is 1.22 bits per heavy atom. The summed E-state index contributed by atoms with van der Waals surface area (Å²) in [6.45, 7) is 1.87. The van der Waals surface area contributed by atoms with Crippen LogP contribution in [0.3, 0.4) is 0 Å². The van der Waals surface area contributed by atoms with E-state index in [1.807, 2.05) is 6.92 Å². The number of imide groups is 1. The van der Waals surface area contributed by atoms with Gasteiger partial charge < -0.3 is 0 Å². The van der Waals surface area contributed by atoms with E-state index in [0.29, 0.717) is 24.0 Å². The van der Waals surface area contributed by atoms with Gasteiger partial charge >= 0.3 is 0 Å². The molecule has 0 aromatic heterocycles. The standard InChI is InChI=1S/C13H12ClNO3/c1-2-5-10(11(14)16)15-12(17)8-6-3-4-7-9(8)13(15)18/h3-4,6-7,10H,2,5H2,1H3/t10-/m1/s1. The van der Waals surface area contributed by atoms with Crippen molar-refractivity contribution in [3.63, 3.8) is 0 Å². The second kappa shape index (κ2) is 4.90. The van der Waals surface area contributed by atoms with Crippen molar-refractivity contribution in [3.8, 4) is 0 Å². The smallest absolute Gasteiger partial charge is 0.262 e. The highest BCUT2D eigenvalue weighted by Crippen LogP contribution is 2.26. The first-order chi connectivity index (χ1) is 8.57. The molecule has 1 aromatic rings. The Balaban J connectivity index is 2.41. The number of amides is 2. The van der Waals surface area contributed by atoms with Crippen molar-refractivity contribution in [2.24, 2.45) is 0 Å². The van der Waals surface area contributed by atoms with Crippen molar-refractivity contribution >= 4 is 28.7 Å². The molecule has 18 heavy (non-hydrogen) atoms. The Hall–Kier alpha value is -1.68. The van der Waals surface area contributed by atoms with Gasteiger partial charge in [-0.25, -0.2) is 0 Å². The van der Waals surface area contributed by atoms with Crippen LogP contribution in [-0.4, -0.2) is 28.0 Å². The highest BCUT2D eigenvalue weighted by molar-refractivity contribution is 6.65. The van der Waals surface area contributed by atoms with Gasteiger partial charge in [0.05, 0.1) is 11.1 Å². The lowest BCUT2D eigenvalue weighted by Gasteiger charge is -2.22. The Kier molecular flexibility index (Phi) is 3.48. The maximum atomic E-state index is 12.1. The summed E-state index contributed by atoms with van der Waals surface area (Å²) in [6, 6.07) is 5.66. The minimum atomic E-state index is -0.871. The molecule has 2 amide bonds. The summed E-state index contributed by atoms with van der Waals surface area (Å²) in [5.41, 5.74) is 0.669. The molecule has 1 heterocycles. The van der Waals surface area contributed by atoms with Crippen molar-refractivity contribution in [1.29, 1.82) is 0 Å². The SMILES string of the molecule is CCC[C@H](C(=O)Cl)N1C(=O)c2ccccc2C1=O. The van der Waals surface area contributed by atoms with Gasteiger partial charge in [0.15, 0.2) is 0 Å². The zero-order chi connectivity index (χ0) is 13.3. The van der Waals surface area contributed by atoms with Gasteiger partial charge in [0.1, 0.15) is 6.04 Å². The molecule has 0 radical (unpaired) electrons. The summed E-state index contributed by atoms with van der Waals surface area (Å²) in [7, 11) is 0. The van der Waals surface area contributed by atoms with Crippen molar-refractivity contribution in [3.05, 3.63) is 35.4 Å². The van der Waals surface area contributed by atoms with E-state index in [9.17, 15) is 14.4 Å². The number of rotatable bonds is 4. The predicted molar refractivity (Wildman–Crippen MR) is 66.5 cm³/mol. The fourth-order valence-corrected chi connectivity index (χ4v) is 2.32. The van der Waals surface area contributed by atoms with Crippen LogP contribution >= 0.6 is 11.6 Å². The lowest BCUT2D eigenvalue weighted by molar-refractivity contribution is -0.115. The van der Waals surface area contributed by atoms with Crippen molar-refractivity contribution < 1.29 is 14.4 Å². The van der Waals surface area contributed by atoms with Crippen LogP contribution in [-0.2, 0) is 4.79 Å². The summed E-state index contributed by atoms with van der Waals surface area (Å²) in [5.74, 6) is -0.883. The molecule has 0 saturated heterocycles. The van der Waals surface area contributed by atoms with Crippen molar-refractivity contribution in [2.45, 2.75) is 25.8 Å². The fraction of sp³-hybridized carbons (Fsp3) is 0.308. The van der Waals surface area contributed by atoms with E-state index in [0.717, 1.165) is 4.90 Å². The van der Waals surface area contributed by atoms with Gasteiger partial charge in [-0.05, 0) is 30.2 Å². The lowest BCUT2D eigenvalue weighted by atomic mass is 10.1. The fourth-order valence-electron chi connectivity index (χ4n) is 2.11. The van der Waals surface area contributed by atoms with Crippen LogP contribution in [0.1, 0.15) is 40.5 Å². The van der Waals surface area contributed by atoms with Crippen LogP contribution in [0, 0.1) is 0 Å². The van der Waals surface area contributed by atoms with Gasteiger partial charge in [-0.1, -0.05) is 25.5 Å². The van der Waals surface area contributed by atoms with E-state index < -0.39 is 23.1 Å². The van der Waals surface area contributed by atoms with E-state index in [4.69, 9.17) is 11.6 Å². The quantitative estimate of drug-likeness (QED) is 0.620.